The SMILES string of the molecule is CCn1ccc(CNCC(=O)OC)c1. The van der Waals surface area contributed by atoms with Crippen molar-refractivity contribution in [1.29, 1.82) is 0 Å². The maximum atomic E-state index is 10.8. The molecule has 0 aliphatic heterocycles. The Labute approximate surface area is 83.9 Å². The molecule has 0 aliphatic rings. The molecule has 0 aliphatic carbocycles. The van der Waals surface area contributed by atoms with E-state index >= 15 is 0 Å². The van der Waals surface area contributed by atoms with Crippen LogP contribution in [0.3, 0.4) is 0 Å². The molecule has 1 aromatic heterocycles. The van der Waals surface area contributed by atoms with Crippen LogP contribution in [0.1, 0.15) is 12.5 Å². The lowest BCUT2D eigenvalue weighted by molar-refractivity contribution is -0.139. The van der Waals surface area contributed by atoms with Crippen molar-refractivity contribution in [2.45, 2.75) is 20.0 Å². The monoisotopic (exact) mass is 196 g/mol. The summed E-state index contributed by atoms with van der Waals surface area (Å²) < 4.78 is 6.60. The highest BCUT2D eigenvalue weighted by atomic mass is 16.5. The largest absolute Gasteiger partial charge is 0.468 e. The van der Waals surface area contributed by atoms with Gasteiger partial charge in [-0.2, -0.15) is 0 Å². The van der Waals surface area contributed by atoms with Crippen LogP contribution in [0.25, 0.3) is 0 Å². The molecule has 0 aromatic carbocycles. The highest BCUT2D eigenvalue weighted by Crippen LogP contribution is 2.00. The minimum absolute atomic E-state index is 0.236. The van der Waals surface area contributed by atoms with Crippen LogP contribution in [0.4, 0.5) is 0 Å². The number of esters is 1. The Balaban J connectivity index is 2.27. The van der Waals surface area contributed by atoms with E-state index in [1.165, 1.54) is 12.7 Å². The summed E-state index contributed by atoms with van der Waals surface area (Å²) in [5.41, 5.74) is 1.18. The molecule has 0 unspecified atom stereocenters. The van der Waals surface area contributed by atoms with E-state index in [-0.39, 0.29) is 12.5 Å². The summed E-state index contributed by atoms with van der Waals surface area (Å²) >= 11 is 0. The van der Waals surface area contributed by atoms with Crippen LogP contribution in [0.2, 0.25) is 0 Å². The standard InChI is InChI=1S/C10H16N2O2/c1-3-12-5-4-9(8-12)6-11-7-10(13)14-2/h4-5,8,11H,3,6-7H2,1-2H3. The molecule has 0 radical (unpaired) electrons. The Bertz CT molecular complexity index is 294. The summed E-state index contributed by atoms with van der Waals surface area (Å²) in [7, 11) is 1.39. The Morgan fingerprint density at radius 3 is 3.00 bits per heavy atom. The predicted molar refractivity (Wildman–Crippen MR) is 53.8 cm³/mol. The lowest BCUT2D eigenvalue weighted by Crippen LogP contribution is -2.23. The number of hydrogen-bond acceptors (Lipinski definition) is 3. The third kappa shape index (κ3) is 3.22. The number of carbonyl (C=O) groups excluding carboxylic acids is 1. The van der Waals surface area contributed by atoms with Gasteiger partial charge in [0, 0.05) is 25.5 Å². The first-order chi connectivity index (χ1) is 6.76. The van der Waals surface area contributed by atoms with E-state index in [2.05, 4.69) is 27.7 Å². The number of rotatable bonds is 5. The van der Waals surface area contributed by atoms with Gasteiger partial charge in [0.25, 0.3) is 0 Å². The van der Waals surface area contributed by atoms with Crippen LogP contribution >= 0.6 is 0 Å². The van der Waals surface area contributed by atoms with E-state index in [4.69, 9.17) is 0 Å². The van der Waals surface area contributed by atoms with E-state index in [1.54, 1.807) is 0 Å². The van der Waals surface area contributed by atoms with Crippen molar-refractivity contribution in [2.75, 3.05) is 13.7 Å². The average Bonchev–Trinajstić information content (AvgIpc) is 2.65. The van der Waals surface area contributed by atoms with Gasteiger partial charge in [-0.3, -0.25) is 4.79 Å². The first kappa shape index (κ1) is 10.8. The van der Waals surface area contributed by atoms with Crippen molar-refractivity contribution < 1.29 is 9.53 Å². The lowest BCUT2D eigenvalue weighted by atomic mass is 10.3. The van der Waals surface area contributed by atoms with Crippen LogP contribution in [0.5, 0.6) is 0 Å². The van der Waals surface area contributed by atoms with Crippen LogP contribution in [-0.2, 0) is 22.6 Å². The fourth-order valence-electron chi connectivity index (χ4n) is 1.17. The molecule has 1 rings (SSSR count). The maximum Gasteiger partial charge on any atom is 0.319 e. The molecule has 0 bridgehead atoms. The minimum atomic E-state index is -0.236. The van der Waals surface area contributed by atoms with Crippen molar-refractivity contribution in [3.63, 3.8) is 0 Å². The fourth-order valence-corrected chi connectivity index (χ4v) is 1.17. The van der Waals surface area contributed by atoms with Gasteiger partial charge in [0.15, 0.2) is 0 Å². The van der Waals surface area contributed by atoms with Crippen molar-refractivity contribution in [3.05, 3.63) is 24.0 Å². The van der Waals surface area contributed by atoms with E-state index < -0.39 is 0 Å². The number of carbonyl (C=O) groups is 1. The molecule has 1 heterocycles. The molecule has 4 nitrogen and oxygen atoms in total. The molecule has 78 valence electrons. The molecule has 1 aromatic rings. The van der Waals surface area contributed by atoms with Crippen molar-refractivity contribution in [1.82, 2.24) is 9.88 Å². The Hall–Kier alpha value is -1.29. The second-order valence-corrected chi connectivity index (χ2v) is 3.03. The summed E-state index contributed by atoms with van der Waals surface area (Å²) in [6, 6.07) is 2.04. The molecule has 0 saturated carbocycles. The van der Waals surface area contributed by atoms with E-state index in [0.717, 1.165) is 6.54 Å². The number of nitrogens with one attached hydrogen (secondary N) is 1. The number of methoxy groups -OCH3 is 1. The van der Waals surface area contributed by atoms with Gasteiger partial charge in [-0.15, -0.1) is 0 Å². The second-order valence-electron chi connectivity index (χ2n) is 3.03. The predicted octanol–water partition coefficient (Wildman–Crippen LogP) is 0.771. The number of aryl methyl sites for hydroxylation is 1. The first-order valence-corrected chi connectivity index (χ1v) is 4.68. The summed E-state index contributed by atoms with van der Waals surface area (Å²) in [6.07, 6.45) is 4.08. The van der Waals surface area contributed by atoms with Gasteiger partial charge in [0.05, 0.1) is 13.7 Å². The summed E-state index contributed by atoms with van der Waals surface area (Å²) in [6.45, 7) is 4.01. The molecule has 14 heavy (non-hydrogen) atoms. The number of nitrogens with zero attached hydrogens (tertiary/aromatic N) is 1. The van der Waals surface area contributed by atoms with Crippen molar-refractivity contribution >= 4 is 5.97 Å². The van der Waals surface area contributed by atoms with Crippen LogP contribution < -0.4 is 5.32 Å². The van der Waals surface area contributed by atoms with Crippen LogP contribution in [0, 0.1) is 0 Å². The molecule has 4 heteroatoms. The number of ether oxygens (including phenoxy) is 1. The van der Waals surface area contributed by atoms with E-state index in [0.29, 0.717) is 6.54 Å². The highest BCUT2D eigenvalue weighted by Gasteiger charge is 1.99. The third-order valence-corrected chi connectivity index (χ3v) is 2.00. The average molecular weight is 196 g/mol. The second kappa shape index (κ2) is 5.44. The molecular weight excluding hydrogens is 180 g/mol. The zero-order valence-corrected chi connectivity index (χ0v) is 8.62. The summed E-state index contributed by atoms with van der Waals surface area (Å²) in [4.78, 5) is 10.8. The number of hydrogen-bond donors (Lipinski definition) is 1. The Kier molecular flexibility index (Phi) is 4.19. The van der Waals surface area contributed by atoms with Crippen molar-refractivity contribution in [3.8, 4) is 0 Å². The van der Waals surface area contributed by atoms with Gasteiger partial charge in [-0.1, -0.05) is 0 Å². The molecule has 0 saturated heterocycles. The van der Waals surface area contributed by atoms with E-state index in [1.807, 2.05) is 12.3 Å². The Morgan fingerprint density at radius 1 is 1.64 bits per heavy atom. The Morgan fingerprint density at radius 2 is 2.43 bits per heavy atom. The normalized spacial score (nSPS) is 10.1. The molecule has 0 atom stereocenters. The highest BCUT2D eigenvalue weighted by molar-refractivity contribution is 5.71. The van der Waals surface area contributed by atoms with Gasteiger partial charge in [-0.05, 0) is 18.6 Å². The van der Waals surface area contributed by atoms with Gasteiger partial charge < -0.3 is 14.6 Å². The molecule has 0 spiro atoms. The summed E-state index contributed by atoms with van der Waals surface area (Å²) in [5, 5.41) is 3.00. The lowest BCUT2D eigenvalue weighted by Gasteiger charge is -2.01. The third-order valence-electron chi connectivity index (χ3n) is 2.00. The topological polar surface area (TPSA) is 43.3 Å². The fraction of sp³-hybridized carbons (Fsp3) is 0.500. The molecule has 1 N–H and O–H groups in total. The van der Waals surface area contributed by atoms with Gasteiger partial charge in [0.1, 0.15) is 0 Å². The van der Waals surface area contributed by atoms with E-state index in [9.17, 15) is 4.79 Å². The zero-order chi connectivity index (χ0) is 10.4. The first-order valence-electron chi connectivity index (χ1n) is 4.68. The zero-order valence-electron chi connectivity index (χ0n) is 8.62. The maximum absolute atomic E-state index is 10.8. The number of aromatic nitrogens is 1. The van der Waals surface area contributed by atoms with Crippen LogP contribution in [-0.4, -0.2) is 24.2 Å². The minimum Gasteiger partial charge on any atom is -0.468 e. The smallest absolute Gasteiger partial charge is 0.319 e. The van der Waals surface area contributed by atoms with Gasteiger partial charge in [0.2, 0.25) is 0 Å². The molecule has 0 amide bonds. The summed E-state index contributed by atoms with van der Waals surface area (Å²) in [5.74, 6) is -0.236. The molecule has 0 fully saturated rings. The van der Waals surface area contributed by atoms with Crippen LogP contribution in [0.15, 0.2) is 18.5 Å². The van der Waals surface area contributed by atoms with Gasteiger partial charge in [-0.25, -0.2) is 0 Å². The van der Waals surface area contributed by atoms with Gasteiger partial charge >= 0.3 is 5.97 Å². The molecular formula is C10H16N2O2. The quantitative estimate of drug-likeness (QED) is 0.707. The van der Waals surface area contributed by atoms with Crippen molar-refractivity contribution in [2.24, 2.45) is 0 Å².